The topological polar surface area (TPSA) is 72.6 Å². The lowest BCUT2D eigenvalue weighted by atomic mass is 10.1. The van der Waals surface area contributed by atoms with Gasteiger partial charge in [-0.15, -0.1) is 0 Å². The molecular weight excluding hydrogens is 284 g/mol. The van der Waals surface area contributed by atoms with Crippen LogP contribution in [-0.4, -0.2) is 44.0 Å². The van der Waals surface area contributed by atoms with Crippen molar-refractivity contribution in [1.29, 1.82) is 0 Å². The van der Waals surface area contributed by atoms with Crippen LogP contribution in [0.4, 0.5) is 0 Å². The molecule has 2 rings (SSSR count). The van der Waals surface area contributed by atoms with Crippen LogP contribution in [0.2, 0.25) is 0 Å². The number of morpholine rings is 1. The van der Waals surface area contributed by atoms with Crippen LogP contribution in [0.25, 0.3) is 0 Å². The molecule has 1 aliphatic rings. The Morgan fingerprint density at radius 1 is 1.26 bits per heavy atom. The van der Waals surface area contributed by atoms with E-state index in [0.29, 0.717) is 31.3 Å². The molecule has 0 amide bonds. The molecule has 19 heavy (non-hydrogen) atoms. The van der Waals surface area contributed by atoms with Crippen molar-refractivity contribution in [3.05, 3.63) is 35.4 Å². The molecule has 0 bridgehead atoms. The summed E-state index contributed by atoms with van der Waals surface area (Å²) in [5.74, 6) is -0.00931. The third-order valence-electron chi connectivity index (χ3n) is 2.95. The van der Waals surface area contributed by atoms with Gasteiger partial charge >= 0.3 is 0 Å². The minimum atomic E-state index is -3.28. The highest BCUT2D eigenvalue weighted by Crippen LogP contribution is 2.13. The second kappa shape index (κ2) is 5.96. The number of nitrogens with two attached hydrogens (primary N) is 1. The summed E-state index contributed by atoms with van der Waals surface area (Å²) in [7, 11) is -3.28. The third-order valence-corrected chi connectivity index (χ3v) is 5.04. The second-order valence-corrected chi connectivity index (χ2v) is 6.74. The first-order chi connectivity index (χ1) is 8.99. The number of thiocarbonyl (C=S) groups is 1. The Labute approximate surface area is 118 Å². The molecule has 1 saturated heterocycles. The fourth-order valence-corrected chi connectivity index (χ4v) is 3.53. The van der Waals surface area contributed by atoms with E-state index in [0.717, 1.165) is 11.1 Å². The summed E-state index contributed by atoms with van der Waals surface area (Å²) in [6, 6.07) is 6.97. The van der Waals surface area contributed by atoms with E-state index < -0.39 is 10.0 Å². The average Bonchev–Trinajstić information content (AvgIpc) is 2.40. The van der Waals surface area contributed by atoms with E-state index in [9.17, 15) is 8.42 Å². The van der Waals surface area contributed by atoms with Gasteiger partial charge in [-0.05, 0) is 5.56 Å². The molecular formula is C12H16N2O3S2. The lowest BCUT2D eigenvalue weighted by Gasteiger charge is -2.26. The highest BCUT2D eigenvalue weighted by atomic mass is 32.2. The van der Waals surface area contributed by atoms with E-state index in [2.05, 4.69) is 0 Å². The molecule has 104 valence electrons. The monoisotopic (exact) mass is 300 g/mol. The lowest BCUT2D eigenvalue weighted by Crippen LogP contribution is -2.41. The predicted octanol–water partition coefficient (Wildman–Crippen LogP) is 0.483. The standard InChI is InChI=1S/C12H16N2O3S2/c13-12(18)11-3-1-10(2-4-11)9-19(15,16)14-5-7-17-8-6-14/h1-4H,5-9H2,(H2,13,18). The fraction of sp³-hybridized carbons (Fsp3) is 0.417. The minimum absolute atomic E-state index is 0.00931. The number of rotatable bonds is 4. The van der Waals surface area contributed by atoms with Crippen molar-refractivity contribution in [2.75, 3.05) is 26.3 Å². The predicted molar refractivity (Wildman–Crippen MR) is 77.3 cm³/mol. The van der Waals surface area contributed by atoms with Crippen LogP contribution in [0, 0.1) is 0 Å². The molecule has 0 radical (unpaired) electrons. The number of ether oxygens (including phenoxy) is 1. The largest absolute Gasteiger partial charge is 0.389 e. The molecule has 0 atom stereocenters. The Hall–Kier alpha value is -1.02. The van der Waals surface area contributed by atoms with Gasteiger partial charge in [-0.2, -0.15) is 4.31 Å². The minimum Gasteiger partial charge on any atom is -0.389 e. The first-order valence-corrected chi connectivity index (χ1v) is 7.95. The summed E-state index contributed by atoms with van der Waals surface area (Å²) < 4.78 is 31.0. The highest BCUT2D eigenvalue weighted by Gasteiger charge is 2.24. The molecule has 0 aromatic heterocycles. The van der Waals surface area contributed by atoms with Crippen molar-refractivity contribution in [2.24, 2.45) is 5.73 Å². The van der Waals surface area contributed by atoms with Gasteiger partial charge in [0.25, 0.3) is 0 Å². The molecule has 1 aromatic rings. The Morgan fingerprint density at radius 2 is 1.84 bits per heavy atom. The first kappa shape index (κ1) is 14.4. The van der Waals surface area contributed by atoms with E-state index in [1.165, 1.54) is 4.31 Å². The maximum atomic E-state index is 12.2. The first-order valence-electron chi connectivity index (χ1n) is 5.93. The summed E-state index contributed by atoms with van der Waals surface area (Å²) in [4.78, 5) is 0.308. The summed E-state index contributed by atoms with van der Waals surface area (Å²) in [6.07, 6.45) is 0. The number of sulfonamides is 1. The number of hydrogen-bond acceptors (Lipinski definition) is 4. The maximum absolute atomic E-state index is 12.2. The van der Waals surface area contributed by atoms with Crippen molar-refractivity contribution in [2.45, 2.75) is 5.75 Å². The van der Waals surface area contributed by atoms with Crippen LogP contribution >= 0.6 is 12.2 Å². The quantitative estimate of drug-likeness (QED) is 0.819. The molecule has 1 heterocycles. The number of nitrogens with zero attached hydrogens (tertiary/aromatic N) is 1. The van der Waals surface area contributed by atoms with Crippen molar-refractivity contribution in [1.82, 2.24) is 4.31 Å². The van der Waals surface area contributed by atoms with Gasteiger partial charge in [0.05, 0.1) is 19.0 Å². The van der Waals surface area contributed by atoms with Crippen LogP contribution in [0.15, 0.2) is 24.3 Å². The van der Waals surface area contributed by atoms with Gasteiger partial charge in [0.15, 0.2) is 0 Å². The van der Waals surface area contributed by atoms with E-state index in [1.54, 1.807) is 24.3 Å². The van der Waals surface area contributed by atoms with Gasteiger partial charge in [-0.25, -0.2) is 8.42 Å². The Balaban J connectivity index is 2.09. The fourth-order valence-electron chi connectivity index (χ4n) is 1.89. The van der Waals surface area contributed by atoms with Gasteiger partial charge in [0.1, 0.15) is 4.99 Å². The Morgan fingerprint density at radius 3 is 2.37 bits per heavy atom. The Kier molecular flexibility index (Phi) is 4.51. The summed E-state index contributed by atoms with van der Waals surface area (Å²) in [5.41, 5.74) is 6.97. The second-order valence-electron chi connectivity index (χ2n) is 4.33. The van der Waals surface area contributed by atoms with Crippen LogP contribution in [0.3, 0.4) is 0 Å². The van der Waals surface area contributed by atoms with Crippen LogP contribution < -0.4 is 5.73 Å². The van der Waals surface area contributed by atoms with Crippen molar-refractivity contribution >= 4 is 27.2 Å². The SMILES string of the molecule is NC(=S)c1ccc(CS(=O)(=O)N2CCOCC2)cc1. The zero-order valence-electron chi connectivity index (χ0n) is 10.4. The molecule has 7 heteroatoms. The van der Waals surface area contributed by atoms with E-state index in [1.807, 2.05) is 0 Å². The molecule has 0 aliphatic carbocycles. The van der Waals surface area contributed by atoms with E-state index >= 15 is 0 Å². The van der Waals surface area contributed by atoms with Crippen LogP contribution in [-0.2, 0) is 20.5 Å². The van der Waals surface area contributed by atoms with Gasteiger partial charge in [0, 0.05) is 18.7 Å². The average molecular weight is 300 g/mol. The maximum Gasteiger partial charge on any atom is 0.218 e. The lowest BCUT2D eigenvalue weighted by molar-refractivity contribution is 0.0729. The number of benzene rings is 1. The summed E-state index contributed by atoms with van der Waals surface area (Å²) in [6.45, 7) is 1.76. The van der Waals surface area contributed by atoms with Crippen LogP contribution in [0.5, 0.6) is 0 Å². The number of hydrogen-bond donors (Lipinski definition) is 1. The van der Waals surface area contributed by atoms with E-state index in [4.69, 9.17) is 22.7 Å². The van der Waals surface area contributed by atoms with Gasteiger partial charge in [-0.1, -0.05) is 36.5 Å². The van der Waals surface area contributed by atoms with Crippen molar-refractivity contribution in [3.8, 4) is 0 Å². The highest BCUT2D eigenvalue weighted by molar-refractivity contribution is 7.88. The normalized spacial score (nSPS) is 17.3. The van der Waals surface area contributed by atoms with Gasteiger partial charge < -0.3 is 10.5 Å². The summed E-state index contributed by atoms with van der Waals surface area (Å²) >= 11 is 4.85. The molecule has 1 fully saturated rings. The zero-order chi connectivity index (χ0) is 13.9. The smallest absolute Gasteiger partial charge is 0.218 e. The molecule has 0 saturated carbocycles. The molecule has 0 spiro atoms. The van der Waals surface area contributed by atoms with Gasteiger partial charge in [-0.3, -0.25) is 0 Å². The van der Waals surface area contributed by atoms with Gasteiger partial charge in [0.2, 0.25) is 10.0 Å². The van der Waals surface area contributed by atoms with Crippen molar-refractivity contribution in [3.63, 3.8) is 0 Å². The Bertz CT molecular complexity index is 549. The molecule has 1 aliphatic heterocycles. The van der Waals surface area contributed by atoms with E-state index in [-0.39, 0.29) is 5.75 Å². The molecule has 2 N–H and O–H groups in total. The molecule has 5 nitrogen and oxygen atoms in total. The van der Waals surface area contributed by atoms with Crippen LogP contribution in [0.1, 0.15) is 11.1 Å². The molecule has 0 unspecified atom stereocenters. The summed E-state index contributed by atoms with van der Waals surface area (Å²) in [5, 5.41) is 0. The zero-order valence-corrected chi connectivity index (χ0v) is 12.0. The van der Waals surface area contributed by atoms with Crippen molar-refractivity contribution < 1.29 is 13.2 Å². The third kappa shape index (κ3) is 3.73. The molecule has 1 aromatic carbocycles.